The van der Waals surface area contributed by atoms with E-state index in [1.165, 1.54) is 11.3 Å². The van der Waals surface area contributed by atoms with Gasteiger partial charge < -0.3 is 10.5 Å². The molecule has 0 aliphatic carbocycles. The number of carbonyl (C=O) groups excluding carboxylic acids is 2. The highest BCUT2D eigenvalue weighted by molar-refractivity contribution is 7.13. The standard InChI is InChI=1S/C13H13N3O3S/c1-8-7-20-13(15-8)16-11(17)6-19-10-5-3-2-4-9(10)12(14)18/h2-5,7H,6H2,1H3,(H2,14,18)(H,15,16,17). The fourth-order valence-electron chi connectivity index (χ4n) is 1.51. The van der Waals surface area contributed by atoms with Crippen LogP contribution in [0, 0.1) is 6.92 Å². The maximum absolute atomic E-state index is 11.7. The van der Waals surface area contributed by atoms with Crippen molar-refractivity contribution in [2.75, 3.05) is 11.9 Å². The third-order valence-corrected chi connectivity index (χ3v) is 3.25. The molecule has 104 valence electrons. The van der Waals surface area contributed by atoms with Crippen molar-refractivity contribution in [1.29, 1.82) is 0 Å². The summed E-state index contributed by atoms with van der Waals surface area (Å²) in [4.78, 5) is 27.0. The zero-order chi connectivity index (χ0) is 14.5. The van der Waals surface area contributed by atoms with Crippen molar-refractivity contribution in [3.05, 3.63) is 40.9 Å². The number of aryl methyl sites for hydroxylation is 1. The molecule has 1 heterocycles. The summed E-state index contributed by atoms with van der Waals surface area (Å²) in [6, 6.07) is 6.50. The Morgan fingerprint density at radius 3 is 2.80 bits per heavy atom. The van der Waals surface area contributed by atoms with Crippen LogP contribution in [0.15, 0.2) is 29.6 Å². The zero-order valence-electron chi connectivity index (χ0n) is 10.8. The van der Waals surface area contributed by atoms with E-state index >= 15 is 0 Å². The molecule has 1 aromatic carbocycles. The van der Waals surface area contributed by atoms with Gasteiger partial charge in [0.2, 0.25) is 0 Å². The first kappa shape index (κ1) is 14.0. The molecule has 0 spiro atoms. The number of carbonyl (C=O) groups is 2. The van der Waals surface area contributed by atoms with Gasteiger partial charge in [-0.15, -0.1) is 11.3 Å². The number of nitrogens with zero attached hydrogens (tertiary/aromatic N) is 1. The molecule has 0 radical (unpaired) electrons. The minimum atomic E-state index is -0.600. The lowest BCUT2D eigenvalue weighted by atomic mass is 10.2. The van der Waals surface area contributed by atoms with E-state index in [-0.39, 0.29) is 23.8 Å². The molecule has 2 amide bonds. The van der Waals surface area contributed by atoms with Gasteiger partial charge in [0.25, 0.3) is 11.8 Å². The molecule has 20 heavy (non-hydrogen) atoms. The predicted molar refractivity (Wildman–Crippen MR) is 75.9 cm³/mol. The molecule has 3 N–H and O–H groups in total. The van der Waals surface area contributed by atoms with E-state index in [4.69, 9.17) is 10.5 Å². The number of nitrogens with two attached hydrogens (primary N) is 1. The number of thiazole rings is 1. The van der Waals surface area contributed by atoms with E-state index in [0.717, 1.165) is 5.69 Å². The molecule has 7 heteroatoms. The molecular weight excluding hydrogens is 278 g/mol. The van der Waals surface area contributed by atoms with Gasteiger partial charge in [0.05, 0.1) is 11.3 Å². The monoisotopic (exact) mass is 291 g/mol. The number of nitrogens with one attached hydrogen (secondary N) is 1. The van der Waals surface area contributed by atoms with Crippen molar-refractivity contribution in [3.8, 4) is 5.75 Å². The molecule has 6 nitrogen and oxygen atoms in total. The Kier molecular flexibility index (Phi) is 4.31. The van der Waals surface area contributed by atoms with Crippen molar-refractivity contribution in [2.45, 2.75) is 6.92 Å². The lowest BCUT2D eigenvalue weighted by Crippen LogP contribution is -2.21. The van der Waals surface area contributed by atoms with Crippen LogP contribution in [0.3, 0.4) is 0 Å². The second kappa shape index (κ2) is 6.16. The first-order valence-electron chi connectivity index (χ1n) is 5.80. The third kappa shape index (κ3) is 3.55. The summed E-state index contributed by atoms with van der Waals surface area (Å²) in [6.07, 6.45) is 0. The number of primary amides is 1. The number of rotatable bonds is 5. The average molecular weight is 291 g/mol. The van der Waals surface area contributed by atoms with Gasteiger partial charge in [0.15, 0.2) is 11.7 Å². The van der Waals surface area contributed by atoms with Gasteiger partial charge in [-0.05, 0) is 19.1 Å². The molecule has 0 saturated heterocycles. The Morgan fingerprint density at radius 2 is 2.15 bits per heavy atom. The van der Waals surface area contributed by atoms with Crippen LogP contribution in [0.2, 0.25) is 0 Å². The molecule has 0 fully saturated rings. The minimum absolute atomic E-state index is 0.219. The smallest absolute Gasteiger partial charge is 0.264 e. The van der Waals surface area contributed by atoms with Gasteiger partial charge in [-0.2, -0.15) is 0 Å². The molecule has 0 bridgehead atoms. The van der Waals surface area contributed by atoms with Gasteiger partial charge in [-0.1, -0.05) is 12.1 Å². The molecule has 2 aromatic rings. The van der Waals surface area contributed by atoms with Gasteiger partial charge in [0.1, 0.15) is 5.75 Å². The summed E-state index contributed by atoms with van der Waals surface area (Å²) in [6.45, 7) is 1.62. The molecule has 0 aliphatic rings. The highest BCUT2D eigenvalue weighted by Crippen LogP contribution is 2.18. The lowest BCUT2D eigenvalue weighted by Gasteiger charge is -2.08. The fraction of sp³-hybridized carbons (Fsp3) is 0.154. The van der Waals surface area contributed by atoms with E-state index < -0.39 is 5.91 Å². The van der Waals surface area contributed by atoms with Crippen LogP contribution in [0.1, 0.15) is 16.1 Å². The van der Waals surface area contributed by atoms with Gasteiger partial charge >= 0.3 is 0 Å². The van der Waals surface area contributed by atoms with E-state index in [1.54, 1.807) is 24.3 Å². The fourth-order valence-corrected chi connectivity index (χ4v) is 2.21. The third-order valence-electron chi connectivity index (χ3n) is 2.38. The highest BCUT2D eigenvalue weighted by Gasteiger charge is 2.11. The quantitative estimate of drug-likeness (QED) is 0.874. The Morgan fingerprint density at radius 1 is 1.40 bits per heavy atom. The highest BCUT2D eigenvalue weighted by atomic mass is 32.1. The average Bonchev–Trinajstić information content (AvgIpc) is 2.82. The predicted octanol–water partition coefficient (Wildman–Crippen LogP) is 1.57. The maximum atomic E-state index is 11.7. The number of amides is 2. The topological polar surface area (TPSA) is 94.3 Å². The van der Waals surface area contributed by atoms with Crippen LogP contribution in [0.5, 0.6) is 5.75 Å². The molecule has 0 aliphatic heterocycles. The van der Waals surface area contributed by atoms with Crippen molar-refractivity contribution in [2.24, 2.45) is 5.73 Å². The van der Waals surface area contributed by atoms with Crippen LogP contribution >= 0.6 is 11.3 Å². The summed E-state index contributed by atoms with van der Waals surface area (Å²) in [5.74, 6) is -0.666. The van der Waals surface area contributed by atoms with Crippen molar-refractivity contribution in [1.82, 2.24) is 4.98 Å². The minimum Gasteiger partial charge on any atom is -0.483 e. The number of aromatic nitrogens is 1. The normalized spacial score (nSPS) is 10.1. The van der Waals surface area contributed by atoms with E-state index in [2.05, 4.69) is 10.3 Å². The number of hydrogen-bond donors (Lipinski definition) is 2. The number of benzene rings is 1. The first-order valence-corrected chi connectivity index (χ1v) is 6.68. The van der Waals surface area contributed by atoms with Crippen LogP contribution in [0.4, 0.5) is 5.13 Å². The van der Waals surface area contributed by atoms with Gasteiger partial charge in [-0.25, -0.2) is 4.98 Å². The van der Waals surface area contributed by atoms with E-state index in [9.17, 15) is 9.59 Å². The lowest BCUT2D eigenvalue weighted by molar-refractivity contribution is -0.118. The van der Waals surface area contributed by atoms with Gasteiger partial charge in [-0.3, -0.25) is 14.9 Å². The number of anilines is 1. The Labute approximate surface area is 119 Å². The maximum Gasteiger partial charge on any atom is 0.264 e. The largest absolute Gasteiger partial charge is 0.483 e. The Bertz CT molecular complexity index is 639. The Balaban J connectivity index is 1.95. The molecule has 2 rings (SSSR count). The second-order valence-electron chi connectivity index (χ2n) is 3.99. The molecular formula is C13H13N3O3S. The molecule has 0 saturated carbocycles. The summed E-state index contributed by atoms with van der Waals surface area (Å²) in [7, 11) is 0. The molecule has 0 unspecified atom stereocenters. The van der Waals surface area contributed by atoms with Crippen molar-refractivity contribution in [3.63, 3.8) is 0 Å². The molecule has 0 atom stereocenters. The SMILES string of the molecule is Cc1csc(NC(=O)COc2ccccc2C(N)=O)n1. The number of ether oxygens (including phenoxy) is 1. The first-order chi connectivity index (χ1) is 9.56. The Hall–Kier alpha value is -2.41. The summed E-state index contributed by atoms with van der Waals surface area (Å²) in [5.41, 5.74) is 6.30. The van der Waals surface area contributed by atoms with Crippen LogP contribution in [0.25, 0.3) is 0 Å². The van der Waals surface area contributed by atoms with Crippen LogP contribution in [-0.2, 0) is 4.79 Å². The summed E-state index contributed by atoms with van der Waals surface area (Å²) >= 11 is 1.33. The summed E-state index contributed by atoms with van der Waals surface area (Å²) in [5, 5.41) is 4.95. The summed E-state index contributed by atoms with van der Waals surface area (Å²) < 4.78 is 5.30. The number of para-hydroxylation sites is 1. The number of hydrogen-bond acceptors (Lipinski definition) is 5. The molecule has 1 aromatic heterocycles. The van der Waals surface area contributed by atoms with E-state index in [1.807, 2.05) is 12.3 Å². The zero-order valence-corrected chi connectivity index (χ0v) is 11.6. The second-order valence-corrected chi connectivity index (χ2v) is 4.85. The van der Waals surface area contributed by atoms with Crippen LogP contribution < -0.4 is 15.8 Å². The van der Waals surface area contributed by atoms with E-state index in [0.29, 0.717) is 5.13 Å². The van der Waals surface area contributed by atoms with Gasteiger partial charge in [0, 0.05) is 5.38 Å². The van der Waals surface area contributed by atoms with Crippen molar-refractivity contribution < 1.29 is 14.3 Å². The van der Waals surface area contributed by atoms with Crippen LogP contribution in [-0.4, -0.2) is 23.4 Å². The van der Waals surface area contributed by atoms with Crippen molar-refractivity contribution >= 4 is 28.3 Å².